The average molecular weight is 236 g/mol. The number of rotatable bonds is 2. The van der Waals surface area contributed by atoms with Crippen LogP contribution in [0.4, 0.5) is 15.8 Å². The molecule has 2 rings (SSSR count). The zero-order valence-corrected chi connectivity index (χ0v) is 10.9. The van der Waals surface area contributed by atoms with E-state index in [1.165, 1.54) is 0 Å². The van der Waals surface area contributed by atoms with Crippen LogP contribution in [0.5, 0.6) is 0 Å². The minimum atomic E-state index is -0.140. The van der Waals surface area contributed by atoms with Gasteiger partial charge in [-0.25, -0.2) is 4.39 Å². The van der Waals surface area contributed by atoms with Crippen LogP contribution in [0, 0.1) is 18.2 Å². The van der Waals surface area contributed by atoms with Crippen LogP contribution in [0.15, 0.2) is 12.1 Å². The predicted molar refractivity (Wildman–Crippen MR) is 71.1 cm³/mol. The van der Waals surface area contributed by atoms with Gasteiger partial charge in [-0.3, -0.25) is 0 Å². The number of hydrogen-bond acceptors (Lipinski definition) is 2. The lowest BCUT2D eigenvalue weighted by Crippen LogP contribution is -2.33. The van der Waals surface area contributed by atoms with Crippen LogP contribution in [-0.2, 0) is 0 Å². The van der Waals surface area contributed by atoms with Gasteiger partial charge in [0, 0.05) is 18.5 Å². The lowest BCUT2D eigenvalue weighted by atomic mass is 9.82. The number of fused-ring (bicyclic) bond motifs is 1. The van der Waals surface area contributed by atoms with Crippen LogP contribution < -0.4 is 10.6 Å². The van der Waals surface area contributed by atoms with Gasteiger partial charge in [-0.05, 0) is 37.5 Å². The first-order chi connectivity index (χ1) is 8.10. The van der Waals surface area contributed by atoms with Crippen molar-refractivity contribution in [1.82, 2.24) is 0 Å². The fourth-order valence-electron chi connectivity index (χ4n) is 2.35. The van der Waals surface area contributed by atoms with Gasteiger partial charge in [0.2, 0.25) is 0 Å². The molecule has 0 bridgehead atoms. The van der Waals surface area contributed by atoms with Crippen LogP contribution in [0.3, 0.4) is 0 Å². The van der Waals surface area contributed by atoms with Crippen LogP contribution >= 0.6 is 0 Å². The summed E-state index contributed by atoms with van der Waals surface area (Å²) in [6.07, 6.45) is 2.25. The maximum absolute atomic E-state index is 13.5. The highest BCUT2D eigenvalue weighted by Gasteiger charge is 2.28. The highest BCUT2D eigenvalue weighted by Crippen LogP contribution is 2.34. The normalized spacial score (nSPS) is 17.6. The van der Waals surface area contributed by atoms with Crippen LogP contribution in [0.1, 0.15) is 32.3 Å². The quantitative estimate of drug-likeness (QED) is 0.816. The topological polar surface area (TPSA) is 24.1 Å². The molecule has 0 fully saturated rings. The SMILES string of the molecule is CCC1(CC)CNc2cc(C)c(F)cc2NC1. The van der Waals surface area contributed by atoms with Gasteiger partial charge in [0.25, 0.3) is 0 Å². The molecular weight excluding hydrogens is 215 g/mol. The van der Waals surface area contributed by atoms with Gasteiger partial charge in [0.05, 0.1) is 11.4 Å². The van der Waals surface area contributed by atoms with E-state index in [1.807, 2.05) is 6.07 Å². The number of benzene rings is 1. The third-order valence-corrected chi connectivity index (χ3v) is 4.11. The number of nitrogens with one attached hydrogen (secondary N) is 2. The Morgan fingerprint density at radius 3 is 2.18 bits per heavy atom. The Hall–Kier alpha value is -1.25. The van der Waals surface area contributed by atoms with Gasteiger partial charge >= 0.3 is 0 Å². The Labute approximate surface area is 103 Å². The third kappa shape index (κ3) is 2.24. The second kappa shape index (κ2) is 4.55. The number of anilines is 2. The van der Waals surface area contributed by atoms with Crippen LogP contribution in [0.25, 0.3) is 0 Å². The first-order valence-corrected chi connectivity index (χ1v) is 6.38. The van der Waals surface area contributed by atoms with Crippen molar-refractivity contribution in [3.05, 3.63) is 23.5 Å². The van der Waals surface area contributed by atoms with Crippen molar-refractivity contribution < 1.29 is 4.39 Å². The van der Waals surface area contributed by atoms with E-state index < -0.39 is 0 Å². The third-order valence-electron chi connectivity index (χ3n) is 4.11. The van der Waals surface area contributed by atoms with E-state index in [9.17, 15) is 4.39 Å². The molecule has 0 spiro atoms. The van der Waals surface area contributed by atoms with Crippen molar-refractivity contribution in [3.8, 4) is 0 Å². The minimum Gasteiger partial charge on any atom is -0.383 e. The van der Waals surface area contributed by atoms with E-state index in [4.69, 9.17) is 0 Å². The van der Waals surface area contributed by atoms with E-state index in [0.29, 0.717) is 5.56 Å². The molecule has 17 heavy (non-hydrogen) atoms. The molecule has 0 atom stereocenters. The summed E-state index contributed by atoms with van der Waals surface area (Å²) >= 11 is 0. The summed E-state index contributed by atoms with van der Waals surface area (Å²) in [5, 5.41) is 6.84. The Morgan fingerprint density at radius 1 is 1.12 bits per heavy atom. The largest absolute Gasteiger partial charge is 0.383 e. The molecule has 0 amide bonds. The fourth-order valence-corrected chi connectivity index (χ4v) is 2.35. The minimum absolute atomic E-state index is 0.140. The first kappa shape index (κ1) is 12.2. The molecule has 0 aliphatic carbocycles. The Bertz CT molecular complexity index is 376. The van der Waals surface area contributed by atoms with E-state index in [1.54, 1.807) is 13.0 Å². The summed E-state index contributed by atoms with van der Waals surface area (Å²) in [4.78, 5) is 0. The van der Waals surface area contributed by atoms with Crippen molar-refractivity contribution in [1.29, 1.82) is 0 Å². The molecular formula is C14H21FN2. The summed E-state index contributed by atoms with van der Waals surface area (Å²) in [5.41, 5.74) is 2.87. The number of halogens is 1. The van der Waals surface area contributed by atoms with Gasteiger partial charge in [0.1, 0.15) is 5.82 Å². The molecule has 1 aliphatic heterocycles. The van der Waals surface area contributed by atoms with Crippen molar-refractivity contribution in [2.24, 2.45) is 5.41 Å². The van der Waals surface area contributed by atoms with E-state index in [2.05, 4.69) is 24.5 Å². The van der Waals surface area contributed by atoms with Gasteiger partial charge < -0.3 is 10.6 Å². The lowest BCUT2D eigenvalue weighted by molar-refractivity contribution is 0.307. The molecule has 1 aromatic rings. The van der Waals surface area contributed by atoms with Gasteiger partial charge in [0.15, 0.2) is 0 Å². The van der Waals surface area contributed by atoms with Crippen molar-refractivity contribution in [2.45, 2.75) is 33.6 Å². The predicted octanol–water partition coefficient (Wildman–Crippen LogP) is 3.78. The molecule has 2 N–H and O–H groups in total. The number of aryl methyl sites for hydroxylation is 1. The molecule has 0 saturated heterocycles. The summed E-state index contributed by atoms with van der Waals surface area (Å²) < 4.78 is 13.5. The molecule has 2 nitrogen and oxygen atoms in total. The Balaban J connectivity index is 2.30. The highest BCUT2D eigenvalue weighted by atomic mass is 19.1. The highest BCUT2D eigenvalue weighted by molar-refractivity contribution is 5.71. The average Bonchev–Trinajstić information content (AvgIpc) is 2.51. The molecule has 0 unspecified atom stereocenters. The summed E-state index contributed by atoms with van der Waals surface area (Å²) in [7, 11) is 0. The molecule has 0 radical (unpaired) electrons. The second-order valence-corrected chi connectivity index (χ2v) is 5.06. The first-order valence-electron chi connectivity index (χ1n) is 6.38. The van der Waals surface area contributed by atoms with Gasteiger partial charge in [-0.2, -0.15) is 0 Å². The lowest BCUT2D eigenvalue weighted by Gasteiger charge is -2.30. The molecule has 3 heteroatoms. The van der Waals surface area contributed by atoms with E-state index in [0.717, 1.165) is 37.3 Å². The van der Waals surface area contributed by atoms with Crippen LogP contribution in [-0.4, -0.2) is 13.1 Å². The Kier molecular flexibility index (Phi) is 3.27. The molecule has 1 aromatic carbocycles. The van der Waals surface area contributed by atoms with Gasteiger partial charge in [-0.15, -0.1) is 0 Å². The van der Waals surface area contributed by atoms with Crippen LogP contribution in [0.2, 0.25) is 0 Å². The molecule has 94 valence electrons. The van der Waals surface area contributed by atoms with Crippen molar-refractivity contribution >= 4 is 11.4 Å². The maximum Gasteiger partial charge on any atom is 0.128 e. The van der Waals surface area contributed by atoms with Crippen molar-refractivity contribution in [3.63, 3.8) is 0 Å². The summed E-state index contributed by atoms with van der Waals surface area (Å²) in [6.45, 7) is 8.09. The fraction of sp³-hybridized carbons (Fsp3) is 0.571. The molecule has 1 aliphatic rings. The molecule has 0 aromatic heterocycles. The maximum atomic E-state index is 13.5. The molecule has 0 saturated carbocycles. The smallest absolute Gasteiger partial charge is 0.128 e. The monoisotopic (exact) mass is 236 g/mol. The van der Waals surface area contributed by atoms with Gasteiger partial charge in [-0.1, -0.05) is 13.8 Å². The zero-order valence-electron chi connectivity index (χ0n) is 10.9. The molecule has 1 heterocycles. The standard InChI is InChI=1S/C14H21FN2/c1-4-14(5-2)8-16-12-6-10(3)11(15)7-13(12)17-9-14/h6-7,16-17H,4-5,8-9H2,1-3H3. The number of hydrogen-bond donors (Lipinski definition) is 2. The van der Waals surface area contributed by atoms with E-state index >= 15 is 0 Å². The summed E-state index contributed by atoms with van der Waals surface area (Å²) in [6, 6.07) is 3.48. The summed E-state index contributed by atoms with van der Waals surface area (Å²) in [5.74, 6) is -0.140. The Morgan fingerprint density at radius 2 is 1.65 bits per heavy atom. The zero-order chi connectivity index (χ0) is 12.5. The second-order valence-electron chi connectivity index (χ2n) is 5.06. The van der Waals surface area contributed by atoms with E-state index in [-0.39, 0.29) is 11.2 Å². The van der Waals surface area contributed by atoms with Crippen molar-refractivity contribution in [2.75, 3.05) is 23.7 Å².